The van der Waals surface area contributed by atoms with E-state index in [9.17, 15) is 19.2 Å². The molecule has 31 heavy (non-hydrogen) atoms. The Morgan fingerprint density at radius 1 is 1.06 bits per heavy atom. The minimum absolute atomic E-state index is 0.142. The molecule has 9 heteroatoms. The normalized spacial score (nSPS) is 24.1. The SMILES string of the molecule is COc1ccc(C2(C)NC(=O)N(CC(=O)N3CCN(C(=O)C4CCC4)CC3)C2=O)cc1. The van der Waals surface area contributed by atoms with E-state index in [0.717, 1.165) is 24.2 Å². The fourth-order valence-electron chi connectivity index (χ4n) is 4.29. The van der Waals surface area contributed by atoms with Crippen molar-refractivity contribution in [3.8, 4) is 5.75 Å². The molecule has 2 heterocycles. The molecule has 0 spiro atoms. The zero-order valence-electron chi connectivity index (χ0n) is 17.9. The minimum Gasteiger partial charge on any atom is -0.497 e. The third kappa shape index (κ3) is 3.84. The van der Waals surface area contributed by atoms with Gasteiger partial charge >= 0.3 is 6.03 Å². The maximum Gasteiger partial charge on any atom is 0.325 e. The zero-order chi connectivity index (χ0) is 22.2. The Bertz CT molecular complexity index is 890. The molecule has 3 aliphatic rings. The number of nitrogens with zero attached hydrogens (tertiary/aromatic N) is 3. The van der Waals surface area contributed by atoms with Crippen LogP contribution in [0.5, 0.6) is 5.75 Å². The molecule has 1 aliphatic carbocycles. The number of imide groups is 1. The van der Waals surface area contributed by atoms with Gasteiger partial charge in [-0.1, -0.05) is 18.6 Å². The molecule has 5 amide bonds. The smallest absolute Gasteiger partial charge is 0.325 e. The van der Waals surface area contributed by atoms with Gasteiger partial charge in [0.05, 0.1) is 7.11 Å². The Hall–Kier alpha value is -3.10. The van der Waals surface area contributed by atoms with Gasteiger partial charge in [-0.3, -0.25) is 19.3 Å². The first-order chi connectivity index (χ1) is 14.8. The summed E-state index contributed by atoms with van der Waals surface area (Å²) in [5.74, 6) is 0.214. The van der Waals surface area contributed by atoms with Gasteiger partial charge < -0.3 is 19.9 Å². The summed E-state index contributed by atoms with van der Waals surface area (Å²) in [6.07, 6.45) is 3.02. The molecule has 3 fully saturated rings. The highest BCUT2D eigenvalue weighted by atomic mass is 16.5. The molecule has 1 N–H and O–H groups in total. The first kappa shape index (κ1) is 21.1. The van der Waals surface area contributed by atoms with Crippen molar-refractivity contribution in [1.29, 1.82) is 0 Å². The first-order valence-corrected chi connectivity index (χ1v) is 10.7. The van der Waals surface area contributed by atoms with Crippen molar-refractivity contribution in [3.63, 3.8) is 0 Å². The molecule has 0 bridgehead atoms. The van der Waals surface area contributed by atoms with Crippen LogP contribution in [0.4, 0.5) is 4.79 Å². The summed E-state index contributed by atoms with van der Waals surface area (Å²) >= 11 is 0. The molecule has 1 unspecified atom stereocenters. The van der Waals surface area contributed by atoms with Crippen LogP contribution in [0.3, 0.4) is 0 Å². The van der Waals surface area contributed by atoms with Gasteiger partial charge in [-0.15, -0.1) is 0 Å². The van der Waals surface area contributed by atoms with Crippen LogP contribution in [0.2, 0.25) is 0 Å². The van der Waals surface area contributed by atoms with Crippen molar-refractivity contribution in [1.82, 2.24) is 20.0 Å². The summed E-state index contributed by atoms with van der Waals surface area (Å²) in [6, 6.07) is 6.30. The number of nitrogens with one attached hydrogen (secondary N) is 1. The van der Waals surface area contributed by atoms with E-state index in [4.69, 9.17) is 4.74 Å². The molecular formula is C22H28N4O5. The van der Waals surface area contributed by atoms with Gasteiger partial charge in [0, 0.05) is 32.1 Å². The molecule has 166 valence electrons. The average Bonchev–Trinajstić information content (AvgIpc) is 2.96. The highest BCUT2D eigenvalue weighted by Gasteiger charge is 2.49. The quantitative estimate of drug-likeness (QED) is 0.704. The van der Waals surface area contributed by atoms with Crippen LogP contribution in [0.25, 0.3) is 0 Å². The molecule has 0 aromatic heterocycles. The van der Waals surface area contributed by atoms with Gasteiger partial charge in [-0.2, -0.15) is 0 Å². The van der Waals surface area contributed by atoms with Crippen LogP contribution < -0.4 is 10.1 Å². The minimum atomic E-state index is -1.24. The lowest BCUT2D eigenvalue weighted by molar-refractivity contribution is -0.145. The highest BCUT2D eigenvalue weighted by molar-refractivity contribution is 6.09. The summed E-state index contributed by atoms with van der Waals surface area (Å²) in [5, 5.41) is 2.71. The Morgan fingerprint density at radius 2 is 1.68 bits per heavy atom. The lowest BCUT2D eigenvalue weighted by Gasteiger charge is -2.38. The molecule has 1 aromatic rings. The Balaban J connectivity index is 1.36. The molecule has 1 saturated carbocycles. The van der Waals surface area contributed by atoms with Gasteiger partial charge in [0.2, 0.25) is 11.8 Å². The van der Waals surface area contributed by atoms with Gasteiger partial charge in [0.1, 0.15) is 17.8 Å². The predicted octanol–water partition coefficient (Wildman–Crippen LogP) is 0.933. The second-order valence-electron chi connectivity index (χ2n) is 8.51. The van der Waals surface area contributed by atoms with Crippen molar-refractivity contribution in [2.24, 2.45) is 5.92 Å². The first-order valence-electron chi connectivity index (χ1n) is 10.7. The summed E-state index contributed by atoms with van der Waals surface area (Å²) < 4.78 is 5.14. The molecule has 9 nitrogen and oxygen atoms in total. The fourth-order valence-corrected chi connectivity index (χ4v) is 4.29. The highest BCUT2D eigenvalue weighted by Crippen LogP contribution is 2.30. The molecule has 2 saturated heterocycles. The van der Waals surface area contributed by atoms with Crippen LogP contribution >= 0.6 is 0 Å². The van der Waals surface area contributed by atoms with E-state index in [1.807, 2.05) is 4.90 Å². The number of amides is 5. The largest absolute Gasteiger partial charge is 0.497 e. The lowest BCUT2D eigenvalue weighted by Crippen LogP contribution is -2.54. The standard InChI is InChI=1S/C22H28N4O5/c1-22(16-6-8-17(31-2)9-7-16)20(29)26(21(30)23-22)14-18(27)24-10-12-25(13-11-24)19(28)15-4-3-5-15/h6-9,15H,3-5,10-14H2,1-2H3,(H,23,30). The van der Waals surface area contributed by atoms with E-state index in [2.05, 4.69) is 5.32 Å². The van der Waals surface area contributed by atoms with Crippen molar-refractivity contribution in [2.75, 3.05) is 39.8 Å². The van der Waals surface area contributed by atoms with Crippen LogP contribution in [-0.2, 0) is 19.9 Å². The number of benzene rings is 1. The Kier molecular flexibility index (Phi) is 5.60. The summed E-state index contributed by atoms with van der Waals surface area (Å²) in [4.78, 5) is 55.1. The third-order valence-corrected chi connectivity index (χ3v) is 6.63. The molecule has 1 aromatic carbocycles. The van der Waals surface area contributed by atoms with Gasteiger partial charge in [0.25, 0.3) is 5.91 Å². The number of methoxy groups -OCH3 is 1. The van der Waals surface area contributed by atoms with Crippen LogP contribution in [0.15, 0.2) is 24.3 Å². The van der Waals surface area contributed by atoms with E-state index in [1.165, 1.54) is 0 Å². The fraction of sp³-hybridized carbons (Fsp3) is 0.545. The van der Waals surface area contributed by atoms with Gasteiger partial charge in [0.15, 0.2) is 0 Å². The number of carbonyl (C=O) groups is 4. The molecule has 1 atom stereocenters. The molecule has 4 rings (SSSR count). The Labute approximate surface area is 181 Å². The number of piperazine rings is 1. The van der Waals surface area contributed by atoms with Crippen LogP contribution in [0.1, 0.15) is 31.7 Å². The zero-order valence-corrected chi connectivity index (χ0v) is 17.9. The van der Waals surface area contributed by atoms with Gasteiger partial charge in [-0.25, -0.2) is 4.79 Å². The van der Waals surface area contributed by atoms with Crippen molar-refractivity contribution in [3.05, 3.63) is 29.8 Å². The number of ether oxygens (including phenoxy) is 1. The number of rotatable bonds is 5. The second kappa shape index (κ2) is 8.20. The monoisotopic (exact) mass is 428 g/mol. The van der Waals surface area contributed by atoms with Crippen LogP contribution in [-0.4, -0.2) is 78.3 Å². The van der Waals surface area contributed by atoms with E-state index in [-0.39, 0.29) is 24.3 Å². The summed E-state index contributed by atoms with van der Waals surface area (Å²) in [7, 11) is 1.55. The van der Waals surface area contributed by atoms with Crippen molar-refractivity contribution >= 4 is 23.8 Å². The van der Waals surface area contributed by atoms with Crippen LogP contribution in [0, 0.1) is 5.92 Å². The third-order valence-electron chi connectivity index (χ3n) is 6.63. The van der Waals surface area contributed by atoms with Gasteiger partial charge in [-0.05, 0) is 37.5 Å². The summed E-state index contributed by atoms with van der Waals surface area (Å²) in [5.41, 5.74) is -0.623. The van der Waals surface area contributed by atoms with Crippen molar-refractivity contribution < 1.29 is 23.9 Å². The van der Waals surface area contributed by atoms with E-state index in [0.29, 0.717) is 37.5 Å². The number of urea groups is 1. The molecule has 2 aliphatic heterocycles. The Morgan fingerprint density at radius 3 is 2.23 bits per heavy atom. The van der Waals surface area contributed by atoms with E-state index in [1.54, 1.807) is 43.2 Å². The van der Waals surface area contributed by atoms with E-state index < -0.39 is 17.5 Å². The van der Waals surface area contributed by atoms with E-state index >= 15 is 0 Å². The second-order valence-corrected chi connectivity index (χ2v) is 8.51. The maximum atomic E-state index is 13.1. The number of carbonyl (C=O) groups excluding carboxylic acids is 4. The summed E-state index contributed by atoms with van der Waals surface area (Å²) in [6.45, 7) is 3.13. The van der Waals surface area contributed by atoms with Crippen molar-refractivity contribution in [2.45, 2.75) is 31.7 Å². The molecular weight excluding hydrogens is 400 g/mol. The number of hydrogen-bond donors (Lipinski definition) is 1. The lowest BCUT2D eigenvalue weighted by atomic mass is 9.84. The number of hydrogen-bond acceptors (Lipinski definition) is 5. The predicted molar refractivity (Wildman–Crippen MR) is 111 cm³/mol. The molecule has 0 radical (unpaired) electrons. The topological polar surface area (TPSA) is 99.3 Å². The average molecular weight is 428 g/mol. The maximum absolute atomic E-state index is 13.1.